The molecular formula is C23H26ClNO6. The number of nitrogens with zero attached hydrogens (tertiary/aromatic N) is 1. The lowest BCUT2D eigenvalue weighted by Gasteiger charge is -2.35. The Balaban J connectivity index is 1.57. The first-order valence-electron chi connectivity index (χ1n) is 10.0. The van der Waals surface area contributed by atoms with Gasteiger partial charge in [0, 0.05) is 18.1 Å². The van der Waals surface area contributed by atoms with E-state index in [0.717, 1.165) is 5.56 Å². The molecule has 166 valence electrons. The third kappa shape index (κ3) is 6.35. The van der Waals surface area contributed by atoms with E-state index in [1.54, 1.807) is 29.2 Å². The van der Waals surface area contributed by atoms with E-state index in [1.807, 2.05) is 26.0 Å². The third-order valence-electron chi connectivity index (χ3n) is 4.81. The average molecular weight is 448 g/mol. The number of carbonyl (C=O) groups excluding carboxylic acids is 2. The van der Waals surface area contributed by atoms with Crippen LogP contribution in [0.1, 0.15) is 29.8 Å². The van der Waals surface area contributed by atoms with Gasteiger partial charge in [-0.05, 0) is 49.7 Å². The highest BCUT2D eigenvalue weighted by Gasteiger charge is 2.26. The smallest absolute Gasteiger partial charge is 0.338 e. The first kappa shape index (κ1) is 22.9. The van der Waals surface area contributed by atoms with Gasteiger partial charge in [-0.15, -0.1) is 0 Å². The standard InChI is InChI=1S/C23H26ClNO6/c1-15-11-25(12-16(2)31-15)22(26)14-30-23(27)18-6-9-20(21(10-18)28-3)29-13-17-4-7-19(24)8-5-17/h4-10,15-16H,11-14H2,1-3H3/t15-,16-/m1/s1. The van der Waals surface area contributed by atoms with Crippen LogP contribution in [-0.2, 0) is 20.9 Å². The van der Waals surface area contributed by atoms with Crippen LogP contribution in [0.2, 0.25) is 5.02 Å². The highest BCUT2D eigenvalue weighted by atomic mass is 35.5. The number of hydrogen-bond donors (Lipinski definition) is 0. The Bertz CT molecular complexity index is 907. The average Bonchev–Trinajstić information content (AvgIpc) is 2.76. The molecule has 1 saturated heterocycles. The normalized spacial score (nSPS) is 18.4. The maximum Gasteiger partial charge on any atom is 0.338 e. The summed E-state index contributed by atoms with van der Waals surface area (Å²) in [5.41, 5.74) is 1.22. The summed E-state index contributed by atoms with van der Waals surface area (Å²) >= 11 is 5.89. The topological polar surface area (TPSA) is 74.3 Å². The zero-order valence-electron chi connectivity index (χ0n) is 17.8. The molecule has 2 aromatic rings. The second-order valence-corrected chi connectivity index (χ2v) is 7.85. The molecule has 1 aliphatic heterocycles. The van der Waals surface area contributed by atoms with E-state index in [0.29, 0.717) is 36.2 Å². The first-order valence-corrected chi connectivity index (χ1v) is 10.4. The summed E-state index contributed by atoms with van der Waals surface area (Å²) < 4.78 is 22.0. The molecule has 1 fully saturated rings. The van der Waals surface area contributed by atoms with Crippen molar-refractivity contribution in [1.82, 2.24) is 4.90 Å². The van der Waals surface area contributed by atoms with Gasteiger partial charge >= 0.3 is 5.97 Å². The van der Waals surface area contributed by atoms with Crippen LogP contribution in [0.25, 0.3) is 0 Å². The number of rotatable bonds is 7. The van der Waals surface area contributed by atoms with E-state index in [4.69, 9.17) is 30.5 Å². The number of benzene rings is 2. The Morgan fingerprint density at radius 1 is 1.06 bits per heavy atom. The van der Waals surface area contributed by atoms with Crippen molar-refractivity contribution in [2.75, 3.05) is 26.8 Å². The van der Waals surface area contributed by atoms with Crippen molar-refractivity contribution in [3.63, 3.8) is 0 Å². The molecule has 0 N–H and O–H groups in total. The minimum absolute atomic E-state index is 0.0481. The summed E-state index contributed by atoms with van der Waals surface area (Å²) in [7, 11) is 1.49. The lowest BCUT2D eigenvalue weighted by molar-refractivity contribution is -0.146. The van der Waals surface area contributed by atoms with E-state index >= 15 is 0 Å². The predicted octanol–water partition coefficient (Wildman–Crippen LogP) is 3.72. The van der Waals surface area contributed by atoms with Gasteiger partial charge in [-0.2, -0.15) is 0 Å². The number of ether oxygens (including phenoxy) is 4. The van der Waals surface area contributed by atoms with Crippen LogP contribution in [0.5, 0.6) is 11.5 Å². The second kappa shape index (κ2) is 10.5. The van der Waals surface area contributed by atoms with Crippen LogP contribution in [0.15, 0.2) is 42.5 Å². The van der Waals surface area contributed by atoms with Crippen molar-refractivity contribution in [2.24, 2.45) is 0 Å². The summed E-state index contributed by atoms with van der Waals surface area (Å²) in [6.45, 7) is 4.77. The van der Waals surface area contributed by atoms with Crippen LogP contribution in [-0.4, -0.2) is 55.8 Å². The van der Waals surface area contributed by atoms with Crippen molar-refractivity contribution in [2.45, 2.75) is 32.7 Å². The zero-order chi connectivity index (χ0) is 22.4. The Kier molecular flexibility index (Phi) is 7.76. The molecule has 31 heavy (non-hydrogen) atoms. The fourth-order valence-corrected chi connectivity index (χ4v) is 3.46. The minimum atomic E-state index is -0.606. The molecule has 2 atom stereocenters. The molecule has 1 amide bonds. The zero-order valence-corrected chi connectivity index (χ0v) is 18.6. The summed E-state index contributed by atoms with van der Waals surface area (Å²) in [6.07, 6.45) is -0.0961. The van der Waals surface area contributed by atoms with Crippen LogP contribution in [0.4, 0.5) is 0 Å². The molecule has 0 unspecified atom stereocenters. The number of methoxy groups -OCH3 is 1. The molecule has 7 nitrogen and oxygen atoms in total. The van der Waals surface area contributed by atoms with Gasteiger partial charge in [0.1, 0.15) is 6.61 Å². The van der Waals surface area contributed by atoms with Gasteiger partial charge in [0.15, 0.2) is 18.1 Å². The Hall–Kier alpha value is -2.77. The van der Waals surface area contributed by atoms with Crippen LogP contribution in [0.3, 0.4) is 0 Å². The molecule has 0 aromatic heterocycles. The summed E-state index contributed by atoms with van der Waals surface area (Å²) in [5.74, 6) is 0.0300. The number of amides is 1. The lowest BCUT2D eigenvalue weighted by atomic mass is 10.2. The fraction of sp³-hybridized carbons (Fsp3) is 0.391. The molecule has 0 bridgehead atoms. The molecule has 8 heteroatoms. The highest BCUT2D eigenvalue weighted by Crippen LogP contribution is 2.29. The van der Waals surface area contributed by atoms with Gasteiger partial charge in [0.2, 0.25) is 0 Å². The Labute approximate surface area is 186 Å². The van der Waals surface area contributed by atoms with Crippen molar-refractivity contribution in [3.8, 4) is 11.5 Å². The quantitative estimate of drug-likeness (QED) is 0.602. The van der Waals surface area contributed by atoms with Crippen molar-refractivity contribution in [1.29, 1.82) is 0 Å². The van der Waals surface area contributed by atoms with E-state index < -0.39 is 5.97 Å². The van der Waals surface area contributed by atoms with Crippen molar-refractivity contribution in [3.05, 3.63) is 58.6 Å². The first-order chi connectivity index (χ1) is 14.9. The molecule has 3 rings (SSSR count). The number of carbonyl (C=O) groups is 2. The summed E-state index contributed by atoms with van der Waals surface area (Å²) in [4.78, 5) is 26.5. The van der Waals surface area contributed by atoms with E-state index in [9.17, 15) is 9.59 Å². The molecule has 2 aromatic carbocycles. The van der Waals surface area contributed by atoms with Crippen LogP contribution < -0.4 is 9.47 Å². The third-order valence-corrected chi connectivity index (χ3v) is 5.06. The lowest BCUT2D eigenvalue weighted by Crippen LogP contribution is -2.49. The highest BCUT2D eigenvalue weighted by molar-refractivity contribution is 6.30. The SMILES string of the molecule is COc1cc(C(=O)OCC(=O)N2C[C@@H](C)O[C@H](C)C2)ccc1OCc1ccc(Cl)cc1. The van der Waals surface area contributed by atoms with Gasteiger partial charge in [-0.1, -0.05) is 23.7 Å². The molecule has 0 spiro atoms. The largest absolute Gasteiger partial charge is 0.493 e. The number of morpholine rings is 1. The van der Waals surface area contributed by atoms with Gasteiger partial charge < -0.3 is 23.8 Å². The second-order valence-electron chi connectivity index (χ2n) is 7.41. The van der Waals surface area contributed by atoms with E-state index in [2.05, 4.69) is 0 Å². The molecule has 0 saturated carbocycles. The Morgan fingerprint density at radius 2 is 1.74 bits per heavy atom. The van der Waals surface area contributed by atoms with Crippen LogP contribution >= 0.6 is 11.6 Å². The van der Waals surface area contributed by atoms with Gasteiger partial charge in [0.25, 0.3) is 5.91 Å². The minimum Gasteiger partial charge on any atom is -0.493 e. The maximum atomic E-state index is 12.4. The molecule has 0 radical (unpaired) electrons. The van der Waals surface area contributed by atoms with E-state index in [1.165, 1.54) is 13.2 Å². The van der Waals surface area contributed by atoms with Gasteiger partial charge in [0.05, 0.1) is 24.9 Å². The molecule has 0 aliphatic carbocycles. The van der Waals surface area contributed by atoms with E-state index in [-0.39, 0.29) is 30.3 Å². The van der Waals surface area contributed by atoms with Crippen molar-refractivity contribution < 1.29 is 28.5 Å². The fourth-order valence-electron chi connectivity index (χ4n) is 3.34. The monoisotopic (exact) mass is 447 g/mol. The summed E-state index contributed by atoms with van der Waals surface area (Å²) in [5, 5.41) is 0.653. The van der Waals surface area contributed by atoms with Crippen LogP contribution in [0, 0.1) is 0 Å². The predicted molar refractivity (Wildman–Crippen MR) is 116 cm³/mol. The van der Waals surface area contributed by atoms with Gasteiger partial charge in [-0.25, -0.2) is 4.79 Å². The number of halogens is 1. The summed E-state index contributed by atoms with van der Waals surface area (Å²) in [6, 6.07) is 12.1. The molecule has 1 heterocycles. The van der Waals surface area contributed by atoms with Crippen molar-refractivity contribution >= 4 is 23.5 Å². The maximum absolute atomic E-state index is 12.4. The number of esters is 1. The molecule has 1 aliphatic rings. The van der Waals surface area contributed by atoms with Gasteiger partial charge in [-0.3, -0.25) is 4.79 Å². The Morgan fingerprint density at radius 3 is 2.39 bits per heavy atom. The molecular weight excluding hydrogens is 422 g/mol. The number of hydrogen-bond acceptors (Lipinski definition) is 6.